The number of aromatic nitrogens is 2. The van der Waals surface area contributed by atoms with Crippen molar-refractivity contribution in [3.8, 4) is 11.5 Å². The lowest BCUT2D eigenvalue weighted by Gasteiger charge is -2.06. The van der Waals surface area contributed by atoms with E-state index in [-0.39, 0.29) is 0 Å². The normalized spacial score (nSPS) is 10.7. The second kappa shape index (κ2) is 6.57. The zero-order valence-electron chi connectivity index (χ0n) is 11.2. The first-order valence-corrected chi connectivity index (χ1v) is 7.52. The van der Waals surface area contributed by atoms with Gasteiger partial charge in [0.15, 0.2) is 0 Å². The van der Waals surface area contributed by atoms with Crippen LogP contribution in [0, 0.1) is 0 Å². The van der Waals surface area contributed by atoms with Crippen molar-refractivity contribution in [2.75, 3.05) is 5.32 Å². The highest BCUT2D eigenvalue weighted by Gasteiger charge is 2.09. The standard InChI is InChI=1S/C15H10Cl3N3O/c16-10-3-1-2-9(6-10)15-21-20-14(22-15)8-19-13-7-11(17)4-5-12(13)18/h1-7,19H,8H2. The number of anilines is 1. The van der Waals surface area contributed by atoms with E-state index in [2.05, 4.69) is 15.5 Å². The van der Waals surface area contributed by atoms with Crippen LogP contribution >= 0.6 is 34.8 Å². The summed E-state index contributed by atoms with van der Waals surface area (Å²) >= 11 is 18.0. The third-order valence-electron chi connectivity index (χ3n) is 2.90. The summed E-state index contributed by atoms with van der Waals surface area (Å²) in [6, 6.07) is 12.4. The summed E-state index contributed by atoms with van der Waals surface area (Å²) < 4.78 is 5.60. The quantitative estimate of drug-likeness (QED) is 0.690. The molecule has 3 rings (SSSR count). The summed E-state index contributed by atoms with van der Waals surface area (Å²) in [5.41, 5.74) is 1.48. The highest BCUT2D eigenvalue weighted by atomic mass is 35.5. The summed E-state index contributed by atoms with van der Waals surface area (Å²) in [7, 11) is 0. The van der Waals surface area contributed by atoms with Crippen LogP contribution in [0.3, 0.4) is 0 Å². The summed E-state index contributed by atoms with van der Waals surface area (Å²) in [6.07, 6.45) is 0. The molecule has 0 aliphatic carbocycles. The van der Waals surface area contributed by atoms with E-state index in [4.69, 9.17) is 39.2 Å². The first-order valence-electron chi connectivity index (χ1n) is 6.39. The lowest BCUT2D eigenvalue weighted by molar-refractivity contribution is 0.515. The van der Waals surface area contributed by atoms with Gasteiger partial charge < -0.3 is 9.73 Å². The van der Waals surface area contributed by atoms with Crippen molar-refractivity contribution in [3.63, 3.8) is 0 Å². The van der Waals surface area contributed by atoms with Gasteiger partial charge in [0.05, 0.1) is 17.3 Å². The molecule has 0 atom stereocenters. The topological polar surface area (TPSA) is 51.0 Å². The number of nitrogens with one attached hydrogen (secondary N) is 1. The van der Waals surface area contributed by atoms with Crippen LogP contribution in [-0.4, -0.2) is 10.2 Å². The fraction of sp³-hybridized carbons (Fsp3) is 0.0667. The molecule has 2 aromatic carbocycles. The summed E-state index contributed by atoms with van der Waals surface area (Å²) in [5.74, 6) is 0.850. The van der Waals surface area contributed by atoms with Gasteiger partial charge in [-0.3, -0.25) is 0 Å². The van der Waals surface area contributed by atoms with E-state index in [0.29, 0.717) is 39.1 Å². The van der Waals surface area contributed by atoms with E-state index in [0.717, 1.165) is 5.56 Å². The first kappa shape index (κ1) is 15.2. The Kier molecular flexibility index (Phi) is 4.52. The Morgan fingerprint density at radius 2 is 1.77 bits per heavy atom. The third kappa shape index (κ3) is 3.53. The second-order valence-corrected chi connectivity index (χ2v) is 5.77. The zero-order valence-corrected chi connectivity index (χ0v) is 13.5. The first-order chi connectivity index (χ1) is 10.6. The molecule has 0 amide bonds. The van der Waals surface area contributed by atoms with Gasteiger partial charge in [0.1, 0.15) is 0 Å². The fourth-order valence-corrected chi connectivity index (χ4v) is 2.41. The van der Waals surface area contributed by atoms with Gasteiger partial charge in [-0.1, -0.05) is 40.9 Å². The van der Waals surface area contributed by atoms with Crippen LogP contribution in [0.2, 0.25) is 15.1 Å². The molecule has 4 nitrogen and oxygen atoms in total. The van der Waals surface area contributed by atoms with Gasteiger partial charge >= 0.3 is 0 Å². The van der Waals surface area contributed by atoms with Gasteiger partial charge in [0.2, 0.25) is 11.8 Å². The Morgan fingerprint density at radius 1 is 0.955 bits per heavy atom. The Hall–Kier alpha value is -1.75. The summed E-state index contributed by atoms with van der Waals surface area (Å²) in [5, 5.41) is 12.9. The van der Waals surface area contributed by atoms with Crippen LogP contribution in [0.25, 0.3) is 11.5 Å². The average molecular weight is 355 g/mol. The molecule has 0 radical (unpaired) electrons. The van der Waals surface area contributed by atoms with Crippen LogP contribution in [0.5, 0.6) is 0 Å². The Balaban J connectivity index is 1.73. The molecule has 0 aliphatic heterocycles. The Morgan fingerprint density at radius 3 is 2.59 bits per heavy atom. The summed E-state index contributed by atoms with van der Waals surface area (Å²) in [6.45, 7) is 0.341. The van der Waals surface area contributed by atoms with E-state index >= 15 is 0 Å². The average Bonchev–Trinajstić information content (AvgIpc) is 2.97. The smallest absolute Gasteiger partial charge is 0.247 e. The highest BCUT2D eigenvalue weighted by molar-refractivity contribution is 6.35. The van der Waals surface area contributed by atoms with E-state index in [9.17, 15) is 0 Å². The number of halogens is 3. The zero-order chi connectivity index (χ0) is 15.5. The van der Waals surface area contributed by atoms with Crippen molar-refractivity contribution >= 4 is 40.5 Å². The monoisotopic (exact) mass is 353 g/mol. The molecular weight excluding hydrogens is 345 g/mol. The van der Waals surface area contributed by atoms with Crippen LogP contribution in [0.15, 0.2) is 46.9 Å². The molecule has 0 unspecified atom stereocenters. The number of nitrogens with zero attached hydrogens (tertiary/aromatic N) is 2. The molecule has 1 N–H and O–H groups in total. The number of rotatable bonds is 4. The minimum atomic E-state index is 0.341. The number of hydrogen-bond donors (Lipinski definition) is 1. The maximum absolute atomic E-state index is 6.08. The van der Waals surface area contributed by atoms with Crippen LogP contribution in [0.1, 0.15) is 5.89 Å². The summed E-state index contributed by atoms with van der Waals surface area (Å²) in [4.78, 5) is 0. The number of benzene rings is 2. The van der Waals surface area contributed by atoms with Gasteiger partial charge in [-0.15, -0.1) is 10.2 Å². The fourth-order valence-electron chi connectivity index (χ4n) is 1.87. The van der Waals surface area contributed by atoms with Gasteiger partial charge in [-0.2, -0.15) is 0 Å². The van der Waals surface area contributed by atoms with Crippen molar-refractivity contribution < 1.29 is 4.42 Å². The van der Waals surface area contributed by atoms with Crippen molar-refractivity contribution in [2.45, 2.75) is 6.54 Å². The van der Waals surface area contributed by atoms with E-state index in [1.54, 1.807) is 30.3 Å². The molecular formula is C15H10Cl3N3O. The maximum atomic E-state index is 6.08. The van der Waals surface area contributed by atoms with Gasteiger partial charge in [-0.05, 0) is 36.4 Å². The molecule has 0 spiro atoms. The molecule has 22 heavy (non-hydrogen) atoms. The molecule has 3 aromatic rings. The second-order valence-electron chi connectivity index (χ2n) is 4.49. The molecule has 7 heteroatoms. The molecule has 0 saturated carbocycles. The van der Waals surface area contributed by atoms with Crippen molar-refractivity contribution in [1.82, 2.24) is 10.2 Å². The van der Waals surface area contributed by atoms with Crippen LogP contribution in [0.4, 0.5) is 5.69 Å². The predicted octanol–water partition coefficient (Wildman–Crippen LogP) is 5.31. The maximum Gasteiger partial charge on any atom is 0.247 e. The SMILES string of the molecule is Clc1cccc(-c2nnc(CNc3cc(Cl)ccc3Cl)o2)c1. The minimum absolute atomic E-state index is 0.341. The van der Waals surface area contributed by atoms with Gasteiger partial charge in [-0.25, -0.2) is 0 Å². The van der Waals surface area contributed by atoms with E-state index < -0.39 is 0 Å². The molecule has 0 aliphatic rings. The predicted molar refractivity (Wildman–Crippen MR) is 88.5 cm³/mol. The highest BCUT2D eigenvalue weighted by Crippen LogP contribution is 2.26. The lowest BCUT2D eigenvalue weighted by Crippen LogP contribution is -2.00. The van der Waals surface area contributed by atoms with Crippen LogP contribution in [-0.2, 0) is 6.54 Å². The number of hydrogen-bond acceptors (Lipinski definition) is 4. The minimum Gasteiger partial charge on any atom is -0.419 e. The van der Waals surface area contributed by atoms with E-state index in [1.165, 1.54) is 0 Å². The molecule has 1 aromatic heterocycles. The largest absolute Gasteiger partial charge is 0.419 e. The molecule has 0 bridgehead atoms. The molecule has 0 saturated heterocycles. The molecule has 1 heterocycles. The van der Waals surface area contributed by atoms with Gasteiger partial charge in [0.25, 0.3) is 0 Å². The van der Waals surface area contributed by atoms with Crippen molar-refractivity contribution in [2.24, 2.45) is 0 Å². The van der Waals surface area contributed by atoms with Crippen LogP contribution < -0.4 is 5.32 Å². The van der Waals surface area contributed by atoms with E-state index in [1.807, 2.05) is 12.1 Å². The molecule has 112 valence electrons. The Labute approximate surface area is 142 Å². The Bertz CT molecular complexity index is 804. The van der Waals surface area contributed by atoms with Crippen molar-refractivity contribution in [3.05, 3.63) is 63.4 Å². The molecule has 0 fully saturated rings. The van der Waals surface area contributed by atoms with Gasteiger partial charge in [0, 0.05) is 15.6 Å². The third-order valence-corrected chi connectivity index (χ3v) is 3.70. The lowest BCUT2D eigenvalue weighted by atomic mass is 10.2. The van der Waals surface area contributed by atoms with Crippen molar-refractivity contribution in [1.29, 1.82) is 0 Å².